The van der Waals surface area contributed by atoms with Gasteiger partial charge in [-0.3, -0.25) is 0 Å². The van der Waals surface area contributed by atoms with Crippen LogP contribution in [0.4, 0.5) is 17.6 Å². The predicted molar refractivity (Wildman–Crippen MR) is 389 cm³/mol. The van der Waals surface area contributed by atoms with Crippen molar-refractivity contribution in [1.82, 2.24) is 45.1 Å². The molecule has 0 unspecified atom stereocenters. The Labute approximate surface area is 576 Å². The summed E-state index contributed by atoms with van der Waals surface area (Å²) in [5, 5.41) is 19.9. The number of hydrogen-bond acceptors (Lipinski definition) is 18. The van der Waals surface area contributed by atoms with Crippen LogP contribution in [0.1, 0.15) is 84.7 Å². The maximum atomic E-state index is 12.9. The first-order valence-corrected chi connectivity index (χ1v) is 38.9. The van der Waals surface area contributed by atoms with Gasteiger partial charge in [-0.05, 0) is 280 Å². The number of aryl methyl sites for hydroxylation is 6. The van der Waals surface area contributed by atoms with E-state index >= 15 is 0 Å². The van der Waals surface area contributed by atoms with E-state index in [2.05, 4.69) is 153 Å². The maximum absolute atomic E-state index is 12.9. The van der Waals surface area contributed by atoms with E-state index in [9.17, 15) is 25.3 Å². The normalized spacial score (nSPS) is 14.5. The number of anilines is 3. The molecule has 5 N–H and O–H groups in total. The summed E-state index contributed by atoms with van der Waals surface area (Å²) in [7, 11) is -5.00. The van der Waals surface area contributed by atoms with Crippen LogP contribution >= 0.6 is 42.5 Å². The lowest BCUT2D eigenvalue weighted by Crippen LogP contribution is -2.26. The average Bonchev–Trinajstić information content (AvgIpc) is 0.830. The minimum absolute atomic E-state index is 0.105. The fourth-order valence-corrected chi connectivity index (χ4v) is 16.5. The second-order valence-electron chi connectivity index (χ2n) is 23.9. The van der Waals surface area contributed by atoms with E-state index in [-0.39, 0.29) is 22.3 Å². The zero-order valence-corrected chi connectivity index (χ0v) is 60.7. The van der Waals surface area contributed by atoms with Crippen LogP contribution in [-0.4, -0.2) is 147 Å². The van der Waals surface area contributed by atoms with Gasteiger partial charge in [0, 0.05) is 38.4 Å². The molecule has 3 fully saturated rings. The molecule has 0 radical (unpaired) electrons. The number of nitrogens with zero attached hydrogens (tertiary/aromatic N) is 9. The van der Waals surface area contributed by atoms with Crippen molar-refractivity contribution in [3.63, 3.8) is 0 Å². The number of rotatable bonds is 17. The molecule has 0 bridgehead atoms. The zero-order chi connectivity index (χ0) is 67.6. The van der Waals surface area contributed by atoms with Crippen LogP contribution in [0.15, 0.2) is 157 Å². The van der Waals surface area contributed by atoms with Crippen molar-refractivity contribution in [2.75, 3.05) is 88.0 Å². The number of hydrogen-bond donors (Lipinski definition) is 3. The number of nitrogens with one attached hydrogen (secondary N) is 1. The molecular weight excluding hydrogens is 1400 g/mol. The summed E-state index contributed by atoms with van der Waals surface area (Å²) in [4.78, 5) is 16.9. The molecule has 3 aliphatic heterocycles. The minimum atomic E-state index is -3.58. The molecule has 12 rings (SSSR count). The van der Waals surface area contributed by atoms with Gasteiger partial charge in [0.25, 0.3) is 9.05 Å². The van der Waals surface area contributed by atoms with E-state index in [0.29, 0.717) is 32.3 Å². The summed E-state index contributed by atoms with van der Waals surface area (Å²) in [6.45, 7) is 23.1. The number of nitrogens with two attached hydrogens (primary N) is 2. The lowest BCUT2D eigenvalue weighted by atomic mass is 9.94. The van der Waals surface area contributed by atoms with Gasteiger partial charge in [0.1, 0.15) is 11.0 Å². The van der Waals surface area contributed by atoms with Crippen molar-refractivity contribution in [1.29, 1.82) is 0 Å². The second kappa shape index (κ2) is 34.5. The summed E-state index contributed by atoms with van der Waals surface area (Å²) >= 11 is 6.44. The maximum Gasteiger partial charge on any atom is 0.261 e. The molecule has 0 spiro atoms. The Morgan fingerprint density at radius 3 is 1.30 bits per heavy atom. The molecule has 5 heterocycles. The van der Waals surface area contributed by atoms with Crippen molar-refractivity contribution >= 4 is 111 Å². The fraction of sp³-hybridized carbons (Fsp3) is 0.371. The molecule has 2 aromatic heterocycles. The Morgan fingerprint density at radius 1 is 0.468 bits per heavy atom. The van der Waals surface area contributed by atoms with Gasteiger partial charge in [0.05, 0.1) is 37.2 Å². The van der Waals surface area contributed by atoms with E-state index in [4.69, 9.17) is 27.1 Å². The second-order valence-corrected chi connectivity index (χ2v) is 32.6. The number of fused-ring (bicyclic) bond motifs is 2. The SMILES string of the molecule is Cc1cccc(C)c1-c1cc(C)c2nc(N)nnc2c1.Cc1cccc(C)c1-c1cc(C)c2nc(Nc3cccc(S(=O)(=O)CCCN4CCCC4)c3)nnc2c1.NCCN1CCCC1.O=S(=O)(CCCN1CCCC1)c1cccc(Br)c1.O=S(=O)(Cl)c1cccc(Br)c1. The first-order valence-electron chi connectivity index (χ1n) is 31.7. The Morgan fingerprint density at radius 2 is 0.862 bits per heavy atom. The van der Waals surface area contributed by atoms with Gasteiger partial charge in [-0.1, -0.05) is 86.5 Å². The number of likely N-dealkylation sites (tertiary alicyclic amines) is 3. The van der Waals surface area contributed by atoms with E-state index in [1.165, 1.54) is 97.1 Å². The van der Waals surface area contributed by atoms with Crippen molar-refractivity contribution in [2.45, 2.75) is 108 Å². The van der Waals surface area contributed by atoms with Gasteiger partial charge in [-0.25, -0.2) is 35.2 Å². The van der Waals surface area contributed by atoms with Gasteiger partial charge in [0.15, 0.2) is 19.7 Å². The Kier molecular flexibility index (Phi) is 27.0. The van der Waals surface area contributed by atoms with Crippen molar-refractivity contribution in [3.05, 3.63) is 176 Å². The molecule has 9 aromatic rings. The molecular formula is C70H85Br2ClN12O6S3. The van der Waals surface area contributed by atoms with Crippen LogP contribution in [0.5, 0.6) is 0 Å². The Hall–Kier alpha value is -6.38. The zero-order valence-electron chi connectivity index (χ0n) is 54.3. The quantitative estimate of drug-likeness (QED) is 0.0716. The van der Waals surface area contributed by atoms with Crippen LogP contribution in [-0.2, 0) is 28.7 Å². The number of nitrogen functional groups attached to an aromatic ring is 1. The third kappa shape index (κ3) is 21.3. The van der Waals surface area contributed by atoms with Crippen LogP contribution in [0.3, 0.4) is 0 Å². The third-order valence-corrected chi connectivity index (χ3v) is 22.5. The average molecular weight is 1480 g/mol. The van der Waals surface area contributed by atoms with Gasteiger partial charge < -0.3 is 31.5 Å². The molecule has 94 heavy (non-hydrogen) atoms. The smallest absolute Gasteiger partial charge is 0.261 e. The summed E-state index contributed by atoms with van der Waals surface area (Å²) in [6, 6.07) is 40.9. The molecule has 0 saturated carbocycles. The highest BCUT2D eigenvalue weighted by molar-refractivity contribution is 9.10. The largest absolute Gasteiger partial charge is 0.366 e. The topological polar surface area (TPSA) is 254 Å². The first kappa shape index (κ1) is 73.4. The summed E-state index contributed by atoms with van der Waals surface area (Å²) < 4.78 is 73.1. The van der Waals surface area contributed by atoms with Crippen LogP contribution in [0, 0.1) is 41.5 Å². The highest BCUT2D eigenvalue weighted by atomic mass is 79.9. The van der Waals surface area contributed by atoms with Crippen LogP contribution < -0.4 is 16.8 Å². The van der Waals surface area contributed by atoms with E-state index in [1.807, 2.05) is 38.1 Å². The molecule has 18 nitrogen and oxygen atoms in total. The molecule has 3 saturated heterocycles. The fourth-order valence-electron chi connectivity index (χ4n) is 11.9. The Balaban J connectivity index is 0.000000167. The molecule has 0 amide bonds. The summed E-state index contributed by atoms with van der Waals surface area (Å²) in [6.07, 6.45) is 9.02. The van der Waals surface area contributed by atoms with Gasteiger partial charge in [0.2, 0.25) is 11.9 Å². The van der Waals surface area contributed by atoms with Crippen LogP contribution in [0.2, 0.25) is 0 Å². The van der Waals surface area contributed by atoms with Gasteiger partial charge in [-0.2, -0.15) is 0 Å². The van der Waals surface area contributed by atoms with Crippen LogP contribution in [0.25, 0.3) is 44.3 Å². The number of aromatic nitrogens is 6. The highest BCUT2D eigenvalue weighted by Gasteiger charge is 2.21. The van der Waals surface area contributed by atoms with Gasteiger partial charge in [-0.15, -0.1) is 20.4 Å². The number of halogens is 3. The molecule has 7 aromatic carbocycles. The van der Waals surface area contributed by atoms with Crippen molar-refractivity contribution in [3.8, 4) is 22.3 Å². The number of benzene rings is 7. The van der Waals surface area contributed by atoms with E-state index in [0.717, 1.165) is 108 Å². The lowest BCUT2D eigenvalue weighted by Gasteiger charge is -2.14. The predicted octanol–water partition coefficient (Wildman–Crippen LogP) is 13.9. The van der Waals surface area contributed by atoms with E-state index < -0.39 is 28.7 Å². The molecule has 24 heteroatoms. The highest BCUT2D eigenvalue weighted by Crippen LogP contribution is 2.33. The molecule has 0 aliphatic carbocycles. The standard InChI is InChI=1S/C29H33N5O2S.C16H16N4.C13H18BrNO2S.C6H4BrClO2S.C6H14N2/c1-20-9-6-10-21(2)27(20)23-17-22(3)28-26(18-23)32-33-29(31-28)30-24-11-7-12-25(19-24)37(35,36)16-8-15-34-13-4-5-14-34;1-9-5-4-6-10(2)14(9)12-7-11(3)15-13(8-12)19-20-16(17)18-15;14-12-5-3-6-13(11-12)18(16,17)10-4-9-15-7-1-2-8-15;7-5-2-1-3-6(4-5)11(8,9)10;7-3-6-8-4-1-2-5-8/h6-7,9-12,17-19H,4-5,8,13-16H2,1-3H3,(H,30,31,33);4-8H,1-3H3,(H2,17,18,20);3,5-6,11H,1-2,4,7-10H2;1-4H;1-7H2. The molecule has 0 atom stereocenters. The lowest BCUT2D eigenvalue weighted by molar-refractivity contribution is 0.340. The van der Waals surface area contributed by atoms with Crippen molar-refractivity contribution < 1.29 is 25.3 Å². The summed E-state index contributed by atoms with van der Waals surface area (Å²) in [5.74, 6) is 0.919. The summed E-state index contributed by atoms with van der Waals surface area (Å²) in [5.41, 5.74) is 26.3. The minimum Gasteiger partial charge on any atom is -0.366 e. The molecule has 500 valence electrons. The van der Waals surface area contributed by atoms with E-state index in [1.54, 1.807) is 48.5 Å². The van der Waals surface area contributed by atoms with Crippen molar-refractivity contribution in [2.24, 2.45) is 5.73 Å². The Bertz CT molecular complexity index is 4360. The monoisotopic (exact) mass is 1480 g/mol. The third-order valence-electron chi connectivity index (χ3n) is 16.6. The van der Waals surface area contributed by atoms with Gasteiger partial charge >= 0.3 is 0 Å². The number of sulfone groups is 2. The molecule has 3 aliphatic rings. The first-order chi connectivity index (χ1) is 44.9.